The van der Waals surface area contributed by atoms with Gasteiger partial charge < -0.3 is 14.9 Å². The van der Waals surface area contributed by atoms with Crippen LogP contribution in [0.3, 0.4) is 0 Å². The first kappa shape index (κ1) is 23.5. The molecule has 0 bridgehead atoms. The Bertz CT molecular complexity index is 523. The number of allylic oxidation sites excluding steroid dienone is 2. The molecule has 154 valence electrons. The highest BCUT2D eigenvalue weighted by Crippen LogP contribution is 2.34. The van der Waals surface area contributed by atoms with Crippen LogP contribution in [0.2, 0.25) is 0 Å². The molecule has 6 heteroatoms. The lowest BCUT2D eigenvalue weighted by Gasteiger charge is -2.18. The Labute approximate surface area is 162 Å². The molecular weight excluding hydrogens is 348 g/mol. The van der Waals surface area contributed by atoms with Crippen molar-refractivity contribution in [3.63, 3.8) is 0 Å². The minimum atomic E-state index is -2.78. The number of esters is 1. The number of carbonyl (C=O) groups is 3. The third-order valence-corrected chi connectivity index (χ3v) is 5.19. The normalized spacial score (nSPS) is 20.4. The fourth-order valence-electron chi connectivity index (χ4n) is 3.62. The number of rotatable bonds is 13. The highest BCUT2D eigenvalue weighted by Gasteiger charge is 2.37. The van der Waals surface area contributed by atoms with Gasteiger partial charge in [0.15, 0.2) is 0 Å². The predicted molar refractivity (Wildman–Crippen MR) is 102 cm³/mol. The molecule has 0 saturated heterocycles. The molecule has 6 nitrogen and oxygen atoms in total. The number of unbranched alkanes of at least 4 members (excludes halogenated alkanes) is 4. The van der Waals surface area contributed by atoms with E-state index in [9.17, 15) is 24.6 Å². The monoisotopic (exact) mass is 382 g/mol. The number of carbonyl (C=O) groups excluding carboxylic acids is 3. The number of ether oxygens (including phenoxy) is 1. The molecule has 1 aliphatic rings. The second-order valence-electron chi connectivity index (χ2n) is 7.47. The first-order valence-electron chi connectivity index (χ1n) is 10.1. The van der Waals surface area contributed by atoms with E-state index in [4.69, 9.17) is 0 Å². The summed E-state index contributed by atoms with van der Waals surface area (Å²) in [5, 5.41) is 19.0. The van der Waals surface area contributed by atoms with Crippen LogP contribution in [0, 0.1) is 11.8 Å². The van der Waals surface area contributed by atoms with Crippen molar-refractivity contribution >= 4 is 17.5 Å². The van der Waals surface area contributed by atoms with Gasteiger partial charge in [-0.2, -0.15) is 0 Å². The molecular formula is C21H34O6. The topological polar surface area (TPSA) is 101 Å². The number of aliphatic hydroxyl groups is 2. The summed E-state index contributed by atoms with van der Waals surface area (Å²) in [6.45, 7) is 2.19. The van der Waals surface area contributed by atoms with Gasteiger partial charge in [0.05, 0.1) is 13.5 Å². The van der Waals surface area contributed by atoms with Crippen molar-refractivity contribution in [2.24, 2.45) is 11.8 Å². The summed E-state index contributed by atoms with van der Waals surface area (Å²) in [4.78, 5) is 35.2. The van der Waals surface area contributed by atoms with Gasteiger partial charge in [0.1, 0.15) is 11.6 Å². The first-order valence-corrected chi connectivity index (χ1v) is 10.1. The molecule has 0 unspecified atom stereocenters. The van der Waals surface area contributed by atoms with Gasteiger partial charge in [-0.05, 0) is 38.0 Å². The van der Waals surface area contributed by atoms with Crippen LogP contribution in [0.1, 0.15) is 77.6 Å². The molecule has 1 fully saturated rings. The maximum Gasteiger partial charge on any atom is 0.366 e. The molecule has 0 amide bonds. The van der Waals surface area contributed by atoms with Crippen molar-refractivity contribution in [1.29, 1.82) is 0 Å². The fourth-order valence-corrected chi connectivity index (χ4v) is 3.62. The van der Waals surface area contributed by atoms with Gasteiger partial charge in [-0.1, -0.05) is 38.3 Å². The average Bonchev–Trinajstić information content (AvgIpc) is 2.97. The van der Waals surface area contributed by atoms with E-state index in [1.165, 1.54) is 25.7 Å². The Morgan fingerprint density at radius 3 is 2.63 bits per heavy atom. The molecule has 2 atom stereocenters. The fraction of sp³-hybridized carbons (Fsp3) is 0.762. The first-order chi connectivity index (χ1) is 12.8. The maximum atomic E-state index is 12.1. The SMILES string of the molecule is CCCCCC/C=C/[C@H]1CCC(=O)[C@@H]1CCCC(=O)CC(O)(O)C(=O)OC. The summed E-state index contributed by atoms with van der Waals surface area (Å²) in [5.74, 6) is -4.03. The second-order valence-corrected chi connectivity index (χ2v) is 7.47. The van der Waals surface area contributed by atoms with Gasteiger partial charge in [0, 0.05) is 18.8 Å². The molecule has 0 heterocycles. The van der Waals surface area contributed by atoms with Gasteiger partial charge in [-0.25, -0.2) is 4.79 Å². The van der Waals surface area contributed by atoms with Crippen LogP contribution < -0.4 is 0 Å². The third kappa shape index (κ3) is 8.35. The molecule has 27 heavy (non-hydrogen) atoms. The number of hydrogen-bond donors (Lipinski definition) is 2. The van der Waals surface area contributed by atoms with Gasteiger partial charge in [-0.3, -0.25) is 9.59 Å². The summed E-state index contributed by atoms with van der Waals surface area (Å²) in [7, 11) is 1.02. The number of methoxy groups -OCH3 is 1. The molecule has 0 aromatic carbocycles. The van der Waals surface area contributed by atoms with Crippen molar-refractivity contribution in [1.82, 2.24) is 0 Å². The number of Topliss-reactive ketones (excluding diaryl/α,β-unsaturated/α-hetero) is 2. The molecule has 1 aliphatic carbocycles. The van der Waals surface area contributed by atoms with Crippen LogP contribution in [0.5, 0.6) is 0 Å². The van der Waals surface area contributed by atoms with E-state index < -0.39 is 24.0 Å². The number of ketones is 2. The zero-order chi connectivity index (χ0) is 20.3. The van der Waals surface area contributed by atoms with E-state index in [1.54, 1.807) is 0 Å². The highest BCUT2D eigenvalue weighted by atomic mass is 16.6. The molecule has 2 N–H and O–H groups in total. The molecule has 0 radical (unpaired) electrons. The Morgan fingerprint density at radius 2 is 1.96 bits per heavy atom. The zero-order valence-corrected chi connectivity index (χ0v) is 16.6. The second kappa shape index (κ2) is 12.0. The van der Waals surface area contributed by atoms with E-state index in [1.807, 2.05) is 0 Å². The van der Waals surface area contributed by atoms with Crippen molar-refractivity contribution < 1.29 is 29.3 Å². The summed E-state index contributed by atoms with van der Waals surface area (Å²) >= 11 is 0. The van der Waals surface area contributed by atoms with E-state index in [2.05, 4.69) is 23.8 Å². The Kier molecular flexibility index (Phi) is 10.5. The zero-order valence-electron chi connectivity index (χ0n) is 16.6. The van der Waals surface area contributed by atoms with Crippen molar-refractivity contribution in [3.05, 3.63) is 12.2 Å². The van der Waals surface area contributed by atoms with E-state index in [0.717, 1.165) is 20.0 Å². The van der Waals surface area contributed by atoms with Crippen LogP contribution in [-0.4, -0.2) is 40.6 Å². The van der Waals surface area contributed by atoms with Gasteiger partial charge in [0.2, 0.25) is 0 Å². The molecule has 1 rings (SSSR count). The minimum Gasteiger partial charge on any atom is -0.465 e. The lowest BCUT2D eigenvalue weighted by atomic mass is 9.89. The smallest absolute Gasteiger partial charge is 0.366 e. The maximum absolute atomic E-state index is 12.1. The van der Waals surface area contributed by atoms with Crippen molar-refractivity contribution in [3.8, 4) is 0 Å². The molecule has 0 spiro atoms. The van der Waals surface area contributed by atoms with E-state index in [0.29, 0.717) is 19.3 Å². The summed E-state index contributed by atoms with van der Waals surface area (Å²) < 4.78 is 4.25. The van der Waals surface area contributed by atoms with Crippen LogP contribution >= 0.6 is 0 Å². The van der Waals surface area contributed by atoms with E-state index in [-0.39, 0.29) is 24.0 Å². The van der Waals surface area contributed by atoms with Crippen LogP contribution in [-0.2, 0) is 19.1 Å². The lowest BCUT2D eigenvalue weighted by molar-refractivity contribution is -0.208. The summed E-state index contributed by atoms with van der Waals surface area (Å²) in [6.07, 6.45) is 12.2. The Morgan fingerprint density at radius 1 is 1.22 bits per heavy atom. The Balaban J connectivity index is 2.38. The van der Waals surface area contributed by atoms with Gasteiger partial charge >= 0.3 is 5.97 Å². The quantitative estimate of drug-likeness (QED) is 0.220. The van der Waals surface area contributed by atoms with Crippen LogP contribution in [0.15, 0.2) is 12.2 Å². The van der Waals surface area contributed by atoms with Crippen LogP contribution in [0.4, 0.5) is 0 Å². The molecule has 0 aromatic heterocycles. The number of hydrogen-bond acceptors (Lipinski definition) is 6. The lowest BCUT2D eigenvalue weighted by Crippen LogP contribution is -2.41. The molecule has 0 aromatic rings. The predicted octanol–water partition coefficient (Wildman–Crippen LogP) is 3.09. The largest absolute Gasteiger partial charge is 0.465 e. The Hall–Kier alpha value is -1.53. The van der Waals surface area contributed by atoms with Crippen molar-refractivity contribution in [2.75, 3.05) is 7.11 Å². The van der Waals surface area contributed by atoms with Gasteiger partial charge in [0.25, 0.3) is 5.79 Å². The standard InChI is InChI=1S/C21H34O6/c1-3-4-5-6-7-8-10-16-13-14-19(23)18(16)12-9-11-17(22)15-21(25,26)20(24)27-2/h8,10,16,18,25-26H,3-7,9,11-15H2,1-2H3/b10-8+/t16-,18+/m0/s1. The third-order valence-electron chi connectivity index (χ3n) is 5.19. The molecule has 1 saturated carbocycles. The summed E-state index contributed by atoms with van der Waals surface area (Å²) in [5.41, 5.74) is 0. The summed E-state index contributed by atoms with van der Waals surface area (Å²) in [6, 6.07) is 0. The highest BCUT2D eigenvalue weighted by molar-refractivity contribution is 5.87. The van der Waals surface area contributed by atoms with E-state index >= 15 is 0 Å². The van der Waals surface area contributed by atoms with Crippen LogP contribution in [0.25, 0.3) is 0 Å². The van der Waals surface area contributed by atoms with Gasteiger partial charge in [-0.15, -0.1) is 0 Å². The van der Waals surface area contributed by atoms with Crippen molar-refractivity contribution in [2.45, 2.75) is 83.3 Å². The average molecular weight is 382 g/mol. The minimum absolute atomic E-state index is 0.0571. The molecule has 0 aliphatic heterocycles.